The highest BCUT2D eigenvalue weighted by Crippen LogP contribution is 2.35. The number of rotatable bonds is 3. The average molecular weight is 348 g/mol. The van der Waals surface area contributed by atoms with Gasteiger partial charge >= 0.3 is 5.69 Å². The summed E-state index contributed by atoms with van der Waals surface area (Å²) in [5, 5.41) is 10.9. The predicted octanol–water partition coefficient (Wildman–Crippen LogP) is 4.34. The van der Waals surface area contributed by atoms with Gasteiger partial charge in [0.25, 0.3) is 5.88 Å². The van der Waals surface area contributed by atoms with E-state index in [9.17, 15) is 14.5 Å². The molecule has 1 heterocycles. The molecule has 8 heteroatoms. The number of pyridine rings is 1. The minimum atomic E-state index is -0.730. The summed E-state index contributed by atoms with van der Waals surface area (Å²) >= 11 is 8.83. The Morgan fingerprint density at radius 2 is 2.21 bits per heavy atom. The van der Waals surface area contributed by atoms with Crippen LogP contribution in [0.1, 0.15) is 0 Å². The number of hydrogen-bond acceptors (Lipinski definition) is 4. The molecule has 0 saturated carbocycles. The number of benzene rings is 1. The van der Waals surface area contributed by atoms with Crippen molar-refractivity contribution >= 4 is 33.2 Å². The topological polar surface area (TPSA) is 65.3 Å². The second-order valence-electron chi connectivity index (χ2n) is 3.39. The summed E-state index contributed by atoms with van der Waals surface area (Å²) in [6.07, 6.45) is 1.30. The Morgan fingerprint density at radius 3 is 2.84 bits per heavy atom. The molecule has 0 N–H and O–H groups in total. The molecule has 0 saturated heterocycles. The first kappa shape index (κ1) is 13.7. The fourth-order valence-corrected chi connectivity index (χ4v) is 1.82. The van der Waals surface area contributed by atoms with Crippen molar-refractivity contribution < 1.29 is 14.1 Å². The molecular weight excluding hydrogens is 342 g/mol. The van der Waals surface area contributed by atoms with Gasteiger partial charge in [-0.2, -0.15) is 0 Å². The average Bonchev–Trinajstić information content (AvgIpc) is 2.35. The summed E-state index contributed by atoms with van der Waals surface area (Å²) in [5.74, 6) is -1.37. The van der Waals surface area contributed by atoms with Crippen LogP contribution in [-0.4, -0.2) is 9.91 Å². The summed E-state index contributed by atoms with van der Waals surface area (Å²) in [5.41, 5.74) is -0.395. The molecule has 1 aromatic heterocycles. The standard InChI is InChI=1S/C11H5BrClFN2O3/c12-6-4-9(16(17)18)11(15-5-6)19-10-7(13)2-1-3-8(10)14/h1-5H. The minimum absolute atomic E-state index is 0.000910. The van der Waals surface area contributed by atoms with Gasteiger partial charge in [0, 0.05) is 16.7 Å². The molecule has 0 aliphatic heterocycles. The molecule has 0 radical (unpaired) electrons. The predicted molar refractivity (Wildman–Crippen MR) is 70.1 cm³/mol. The number of nitrogens with zero attached hydrogens (tertiary/aromatic N) is 2. The molecule has 2 aromatic rings. The highest BCUT2D eigenvalue weighted by molar-refractivity contribution is 9.10. The Hall–Kier alpha value is -1.73. The number of aromatic nitrogens is 1. The van der Waals surface area contributed by atoms with E-state index in [-0.39, 0.29) is 16.7 Å². The molecule has 19 heavy (non-hydrogen) atoms. The first-order valence-corrected chi connectivity index (χ1v) is 6.08. The Labute approximate surface area is 120 Å². The Bertz CT molecular complexity index is 634. The molecular formula is C11H5BrClFN2O3. The maximum absolute atomic E-state index is 13.5. The van der Waals surface area contributed by atoms with E-state index < -0.39 is 16.4 Å². The normalized spacial score (nSPS) is 10.3. The lowest BCUT2D eigenvalue weighted by Crippen LogP contribution is -1.97. The van der Waals surface area contributed by atoms with Crippen LogP contribution in [-0.2, 0) is 0 Å². The van der Waals surface area contributed by atoms with Crippen LogP contribution in [0.25, 0.3) is 0 Å². The van der Waals surface area contributed by atoms with E-state index in [1.165, 1.54) is 24.4 Å². The van der Waals surface area contributed by atoms with Crippen molar-refractivity contribution in [3.63, 3.8) is 0 Å². The van der Waals surface area contributed by atoms with Gasteiger partial charge in [-0.05, 0) is 28.1 Å². The van der Waals surface area contributed by atoms with Gasteiger partial charge in [-0.25, -0.2) is 9.37 Å². The number of para-hydroxylation sites is 1. The number of ether oxygens (including phenoxy) is 1. The van der Waals surface area contributed by atoms with Crippen LogP contribution in [0.3, 0.4) is 0 Å². The Morgan fingerprint density at radius 1 is 1.47 bits per heavy atom. The maximum Gasteiger partial charge on any atom is 0.332 e. The van der Waals surface area contributed by atoms with E-state index in [2.05, 4.69) is 20.9 Å². The SMILES string of the molecule is O=[N+]([O-])c1cc(Br)cnc1Oc1c(F)cccc1Cl. The van der Waals surface area contributed by atoms with Crippen molar-refractivity contribution in [3.8, 4) is 11.6 Å². The zero-order chi connectivity index (χ0) is 14.0. The van der Waals surface area contributed by atoms with Gasteiger partial charge in [0.05, 0.1) is 9.95 Å². The van der Waals surface area contributed by atoms with Crippen molar-refractivity contribution in [1.82, 2.24) is 4.98 Å². The Kier molecular flexibility index (Phi) is 3.96. The number of hydrogen-bond donors (Lipinski definition) is 0. The summed E-state index contributed by atoms with van der Waals surface area (Å²) in [7, 11) is 0. The fourth-order valence-electron chi connectivity index (χ4n) is 1.30. The Balaban J connectivity index is 2.47. The molecule has 0 aliphatic rings. The van der Waals surface area contributed by atoms with E-state index in [0.717, 1.165) is 6.07 Å². The van der Waals surface area contributed by atoms with E-state index in [1.54, 1.807) is 0 Å². The zero-order valence-electron chi connectivity index (χ0n) is 9.14. The molecule has 0 unspecified atom stereocenters. The van der Waals surface area contributed by atoms with Gasteiger partial charge in [-0.15, -0.1) is 0 Å². The van der Waals surface area contributed by atoms with Crippen molar-refractivity contribution in [3.05, 3.63) is 55.9 Å². The smallest absolute Gasteiger partial charge is 0.332 e. The summed E-state index contributed by atoms with van der Waals surface area (Å²) in [4.78, 5) is 13.9. The van der Waals surface area contributed by atoms with Crippen LogP contribution in [0.2, 0.25) is 5.02 Å². The summed E-state index contributed by atoms with van der Waals surface area (Å²) in [6, 6.07) is 5.14. The van der Waals surface area contributed by atoms with Gasteiger partial charge in [0.2, 0.25) is 0 Å². The monoisotopic (exact) mass is 346 g/mol. The van der Waals surface area contributed by atoms with Gasteiger partial charge in [-0.3, -0.25) is 10.1 Å². The molecule has 0 amide bonds. The molecule has 1 aromatic carbocycles. The van der Waals surface area contributed by atoms with Gasteiger partial charge < -0.3 is 4.74 Å². The highest BCUT2D eigenvalue weighted by atomic mass is 79.9. The summed E-state index contributed by atoms with van der Waals surface area (Å²) in [6.45, 7) is 0. The lowest BCUT2D eigenvalue weighted by Gasteiger charge is -2.07. The van der Waals surface area contributed by atoms with Crippen LogP contribution in [0.15, 0.2) is 34.9 Å². The zero-order valence-corrected chi connectivity index (χ0v) is 11.5. The highest BCUT2D eigenvalue weighted by Gasteiger charge is 2.20. The molecule has 0 fully saturated rings. The van der Waals surface area contributed by atoms with E-state index in [4.69, 9.17) is 16.3 Å². The second kappa shape index (κ2) is 5.50. The van der Waals surface area contributed by atoms with E-state index >= 15 is 0 Å². The van der Waals surface area contributed by atoms with Gasteiger partial charge in [-0.1, -0.05) is 17.7 Å². The van der Waals surface area contributed by atoms with E-state index in [0.29, 0.717) is 4.47 Å². The molecule has 98 valence electrons. The van der Waals surface area contributed by atoms with Crippen LogP contribution < -0.4 is 4.74 Å². The molecule has 2 rings (SSSR count). The first-order valence-electron chi connectivity index (χ1n) is 4.91. The minimum Gasteiger partial charge on any atom is -0.429 e. The molecule has 0 aliphatic carbocycles. The van der Waals surface area contributed by atoms with Crippen LogP contribution in [0.5, 0.6) is 11.6 Å². The van der Waals surface area contributed by atoms with Crippen molar-refractivity contribution in [2.75, 3.05) is 0 Å². The van der Waals surface area contributed by atoms with Gasteiger partial charge in [0.15, 0.2) is 11.6 Å². The molecule has 5 nitrogen and oxygen atoms in total. The maximum atomic E-state index is 13.5. The van der Waals surface area contributed by atoms with Crippen LogP contribution in [0.4, 0.5) is 10.1 Å². The second-order valence-corrected chi connectivity index (χ2v) is 4.71. The van der Waals surface area contributed by atoms with Gasteiger partial charge in [0.1, 0.15) is 0 Å². The third kappa shape index (κ3) is 2.99. The lowest BCUT2D eigenvalue weighted by atomic mass is 10.3. The lowest BCUT2D eigenvalue weighted by molar-refractivity contribution is -0.386. The van der Waals surface area contributed by atoms with Crippen LogP contribution in [0, 0.1) is 15.9 Å². The molecule has 0 spiro atoms. The fraction of sp³-hybridized carbons (Fsp3) is 0. The first-order chi connectivity index (χ1) is 8.99. The molecule has 0 bridgehead atoms. The van der Waals surface area contributed by atoms with Crippen molar-refractivity contribution in [2.24, 2.45) is 0 Å². The third-order valence-electron chi connectivity index (χ3n) is 2.11. The quantitative estimate of drug-likeness (QED) is 0.612. The largest absolute Gasteiger partial charge is 0.429 e. The van der Waals surface area contributed by atoms with Crippen molar-refractivity contribution in [2.45, 2.75) is 0 Å². The van der Waals surface area contributed by atoms with E-state index in [1.807, 2.05) is 0 Å². The third-order valence-corrected chi connectivity index (χ3v) is 2.84. The summed E-state index contributed by atoms with van der Waals surface area (Å²) < 4.78 is 19.0. The molecule has 0 atom stereocenters. The van der Waals surface area contributed by atoms with Crippen molar-refractivity contribution in [1.29, 1.82) is 0 Å². The number of nitro groups is 1. The van der Waals surface area contributed by atoms with Crippen LogP contribution >= 0.6 is 27.5 Å². The number of halogens is 3.